The number of aryl methyl sites for hydroxylation is 2. The molecule has 1 amide bonds. The Morgan fingerprint density at radius 2 is 2.09 bits per heavy atom. The number of aromatic nitrogens is 4. The van der Waals surface area contributed by atoms with Crippen LogP contribution in [-0.4, -0.2) is 37.1 Å². The van der Waals surface area contributed by atoms with Gasteiger partial charge in [-0.1, -0.05) is 30.7 Å². The van der Waals surface area contributed by atoms with Gasteiger partial charge in [0.2, 0.25) is 5.91 Å². The lowest BCUT2D eigenvalue weighted by Crippen LogP contribution is -2.39. The monoisotopic (exact) mass is 489 g/mol. The number of carbonyl (C=O) groups is 1. The van der Waals surface area contributed by atoms with Crippen LogP contribution < -0.4 is 4.74 Å². The number of nitrogens with zero attached hydrogens (tertiary/aromatic N) is 5. The van der Waals surface area contributed by atoms with E-state index in [9.17, 15) is 4.79 Å². The molecule has 4 heterocycles. The number of carbonyl (C=O) groups excluding carboxylic acids is 1. The molecule has 1 atom stereocenters. The average molecular weight is 490 g/mol. The van der Waals surface area contributed by atoms with Gasteiger partial charge in [-0.2, -0.15) is 5.10 Å². The largest absolute Gasteiger partial charge is 0.487 e. The Labute approximate surface area is 209 Å². The van der Waals surface area contributed by atoms with Gasteiger partial charge < -0.3 is 9.64 Å². The van der Waals surface area contributed by atoms with E-state index in [2.05, 4.69) is 16.1 Å². The van der Waals surface area contributed by atoms with E-state index < -0.39 is 0 Å². The molecule has 35 heavy (non-hydrogen) atoms. The minimum absolute atomic E-state index is 0.0502. The molecule has 0 saturated carbocycles. The third-order valence-electron chi connectivity index (χ3n) is 6.65. The number of ether oxygens (including phenoxy) is 1. The first-order valence-electron chi connectivity index (χ1n) is 11.8. The summed E-state index contributed by atoms with van der Waals surface area (Å²) in [5.74, 6) is 0.907. The lowest BCUT2D eigenvalue weighted by molar-refractivity contribution is -0.138. The van der Waals surface area contributed by atoms with Crippen LogP contribution in [0.15, 0.2) is 48.9 Å². The van der Waals surface area contributed by atoms with Gasteiger partial charge in [0.15, 0.2) is 0 Å². The first-order valence-corrected chi connectivity index (χ1v) is 12.2. The van der Waals surface area contributed by atoms with E-state index in [0.29, 0.717) is 17.3 Å². The topological polar surface area (TPSA) is 73.1 Å². The number of halogens is 1. The van der Waals surface area contributed by atoms with Crippen molar-refractivity contribution < 1.29 is 9.53 Å². The van der Waals surface area contributed by atoms with Crippen LogP contribution in [0.2, 0.25) is 5.02 Å². The highest BCUT2D eigenvalue weighted by atomic mass is 35.5. The highest BCUT2D eigenvalue weighted by molar-refractivity contribution is 6.31. The smallest absolute Gasteiger partial charge is 0.225 e. The Hall–Kier alpha value is -3.45. The van der Waals surface area contributed by atoms with E-state index in [1.807, 2.05) is 54.7 Å². The fraction of sp³-hybridized carbons (Fsp3) is 0.333. The molecule has 1 saturated heterocycles. The van der Waals surface area contributed by atoms with Gasteiger partial charge in [0.1, 0.15) is 17.9 Å². The number of hydrogen-bond acceptors (Lipinski definition) is 5. The molecule has 1 aliphatic rings. The summed E-state index contributed by atoms with van der Waals surface area (Å²) in [5.41, 5.74) is 5.49. The van der Waals surface area contributed by atoms with Crippen LogP contribution in [0.25, 0.3) is 22.2 Å². The van der Waals surface area contributed by atoms with E-state index in [1.54, 1.807) is 18.6 Å². The standard InChI is InChI=1S/C27H28ClN5O2/c1-17-6-5-11-33(27(17)34)15-19-13-29-14-23(28)22(19)16-35-25-8-4-7-20-21(12-18(2)31-26(20)25)24-9-10-30-32(24)3/h4,7-10,12-14,17H,5-6,11,15-16H2,1-3H3. The molecular formula is C27H28ClN5O2. The van der Waals surface area contributed by atoms with Gasteiger partial charge in [-0.05, 0) is 43.5 Å². The summed E-state index contributed by atoms with van der Waals surface area (Å²) >= 11 is 6.56. The lowest BCUT2D eigenvalue weighted by atomic mass is 9.98. The lowest BCUT2D eigenvalue weighted by Gasteiger charge is -2.31. The predicted molar refractivity (Wildman–Crippen MR) is 136 cm³/mol. The van der Waals surface area contributed by atoms with Crippen molar-refractivity contribution in [1.82, 2.24) is 24.6 Å². The van der Waals surface area contributed by atoms with E-state index in [1.165, 1.54) is 0 Å². The maximum atomic E-state index is 12.7. The number of para-hydroxylation sites is 1. The number of pyridine rings is 2. The molecule has 0 aliphatic carbocycles. The molecule has 5 rings (SSSR count). The SMILES string of the molecule is Cc1cc(-c2ccnn2C)c2cccc(OCc3c(Cl)cncc3CN3CCCC(C)C3=O)c2n1. The Morgan fingerprint density at radius 3 is 2.89 bits per heavy atom. The van der Waals surface area contributed by atoms with Gasteiger partial charge in [-0.3, -0.25) is 14.5 Å². The van der Waals surface area contributed by atoms with Gasteiger partial charge in [-0.15, -0.1) is 0 Å². The molecule has 8 heteroatoms. The molecule has 0 radical (unpaired) electrons. The third kappa shape index (κ3) is 4.60. The highest BCUT2D eigenvalue weighted by Crippen LogP contribution is 2.34. The zero-order valence-corrected chi connectivity index (χ0v) is 20.9. The summed E-state index contributed by atoms with van der Waals surface area (Å²) in [4.78, 5) is 23.6. The van der Waals surface area contributed by atoms with E-state index in [4.69, 9.17) is 21.3 Å². The minimum atomic E-state index is 0.0502. The van der Waals surface area contributed by atoms with Crippen molar-refractivity contribution in [2.75, 3.05) is 6.54 Å². The molecular weight excluding hydrogens is 462 g/mol. The predicted octanol–water partition coefficient (Wildman–Crippen LogP) is 5.33. The van der Waals surface area contributed by atoms with Crippen molar-refractivity contribution >= 4 is 28.4 Å². The fourth-order valence-electron chi connectivity index (χ4n) is 4.76. The van der Waals surface area contributed by atoms with Crippen LogP contribution in [0.1, 0.15) is 36.6 Å². The van der Waals surface area contributed by atoms with Gasteiger partial charge in [0.05, 0.1) is 10.7 Å². The zero-order chi connectivity index (χ0) is 24.5. The van der Waals surface area contributed by atoms with Crippen LogP contribution in [-0.2, 0) is 25.0 Å². The third-order valence-corrected chi connectivity index (χ3v) is 6.98. The Bertz CT molecular complexity index is 1400. The summed E-state index contributed by atoms with van der Waals surface area (Å²) in [6.07, 6.45) is 7.14. The zero-order valence-electron chi connectivity index (χ0n) is 20.2. The van der Waals surface area contributed by atoms with Crippen molar-refractivity contribution in [2.45, 2.75) is 39.8 Å². The Morgan fingerprint density at radius 1 is 1.23 bits per heavy atom. The molecule has 0 N–H and O–H groups in total. The van der Waals surface area contributed by atoms with Crippen LogP contribution in [0, 0.1) is 12.8 Å². The average Bonchev–Trinajstić information content (AvgIpc) is 3.27. The number of hydrogen-bond donors (Lipinski definition) is 0. The number of piperidine rings is 1. The summed E-state index contributed by atoms with van der Waals surface area (Å²) in [5, 5.41) is 5.84. The van der Waals surface area contributed by atoms with Crippen LogP contribution in [0.4, 0.5) is 0 Å². The molecule has 4 aromatic rings. The highest BCUT2D eigenvalue weighted by Gasteiger charge is 2.26. The van der Waals surface area contributed by atoms with Gasteiger partial charge in [-0.25, -0.2) is 4.98 Å². The van der Waals surface area contributed by atoms with Crippen molar-refractivity contribution in [2.24, 2.45) is 13.0 Å². The van der Waals surface area contributed by atoms with Crippen molar-refractivity contribution in [3.05, 3.63) is 70.8 Å². The number of amides is 1. The molecule has 1 fully saturated rings. The van der Waals surface area contributed by atoms with Gasteiger partial charge in [0, 0.05) is 66.9 Å². The number of fused-ring (bicyclic) bond motifs is 1. The molecule has 0 bridgehead atoms. The Kier molecular flexibility index (Phi) is 6.43. The molecule has 0 spiro atoms. The first-order chi connectivity index (χ1) is 16.9. The van der Waals surface area contributed by atoms with Crippen molar-refractivity contribution in [1.29, 1.82) is 0 Å². The molecule has 1 aliphatic heterocycles. The van der Waals surface area contributed by atoms with E-state index >= 15 is 0 Å². The summed E-state index contributed by atoms with van der Waals surface area (Å²) < 4.78 is 8.18. The molecule has 180 valence electrons. The molecule has 1 aromatic carbocycles. The second-order valence-electron chi connectivity index (χ2n) is 9.15. The van der Waals surface area contributed by atoms with E-state index in [-0.39, 0.29) is 18.4 Å². The number of rotatable bonds is 6. The maximum Gasteiger partial charge on any atom is 0.225 e. The van der Waals surface area contributed by atoms with E-state index in [0.717, 1.165) is 58.4 Å². The van der Waals surface area contributed by atoms with Crippen LogP contribution in [0.3, 0.4) is 0 Å². The number of benzene rings is 1. The molecule has 1 unspecified atom stereocenters. The van der Waals surface area contributed by atoms with Crippen molar-refractivity contribution in [3.63, 3.8) is 0 Å². The normalized spacial score (nSPS) is 16.2. The van der Waals surface area contributed by atoms with Crippen molar-refractivity contribution in [3.8, 4) is 17.0 Å². The van der Waals surface area contributed by atoms with Crippen LogP contribution >= 0.6 is 11.6 Å². The van der Waals surface area contributed by atoms with Gasteiger partial charge in [0.25, 0.3) is 0 Å². The second kappa shape index (κ2) is 9.66. The summed E-state index contributed by atoms with van der Waals surface area (Å²) in [6.45, 7) is 5.45. The summed E-state index contributed by atoms with van der Waals surface area (Å²) in [7, 11) is 1.93. The number of likely N-dealkylation sites (tertiary alicyclic amines) is 1. The molecule has 7 nitrogen and oxygen atoms in total. The first kappa shape index (κ1) is 23.3. The quantitative estimate of drug-likeness (QED) is 0.366. The molecule has 3 aromatic heterocycles. The second-order valence-corrected chi connectivity index (χ2v) is 9.56. The Balaban J connectivity index is 1.46. The summed E-state index contributed by atoms with van der Waals surface area (Å²) in [6, 6.07) is 10.00. The van der Waals surface area contributed by atoms with Gasteiger partial charge >= 0.3 is 0 Å². The minimum Gasteiger partial charge on any atom is -0.487 e. The van der Waals surface area contributed by atoms with Crippen LogP contribution in [0.5, 0.6) is 5.75 Å². The fourth-order valence-corrected chi connectivity index (χ4v) is 5.00. The maximum absolute atomic E-state index is 12.7.